The zero-order valence-corrected chi connectivity index (χ0v) is 56.9. The molecule has 4 aliphatic rings. The van der Waals surface area contributed by atoms with Crippen LogP contribution in [0, 0.1) is 30.5 Å². The van der Waals surface area contributed by atoms with Crippen LogP contribution < -0.4 is 26.6 Å². The highest BCUT2D eigenvalue weighted by Crippen LogP contribution is 2.50. The zero-order valence-electron chi connectivity index (χ0n) is 54.6. The molecular formula is C65H86Cl2FN7O18S. The number of imide groups is 1. The Balaban J connectivity index is 1.10. The predicted octanol–water partition coefficient (Wildman–Crippen LogP) is 5.82. The fraction of sp³-hybridized carbons (Fsp3) is 0.585. The van der Waals surface area contributed by atoms with Gasteiger partial charge in [0.2, 0.25) is 11.8 Å². The number of hydrogen-bond donors (Lipinski definition) is 5. The van der Waals surface area contributed by atoms with Gasteiger partial charge in [-0.1, -0.05) is 86.1 Å². The van der Waals surface area contributed by atoms with E-state index < -0.39 is 137 Å². The number of methoxy groups -OCH3 is 1. The molecule has 94 heavy (non-hydrogen) atoms. The number of thiocarbonyl (C=S) groups is 1. The van der Waals surface area contributed by atoms with Gasteiger partial charge in [-0.2, -0.15) is 0 Å². The summed E-state index contributed by atoms with van der Waals surface area (Å²) < 4.78 is 51.3. The minimum Gasteiger partial charge on any atom is -0.462 e. The molecule has 3 fully saturated rings. The number of primary amides is 1. The van der Waals surface area contributed by atoms with E-state index in [-0.39, 0.29) is 113 Å². The second kappa shape index (κ2) is 34.1. The average molecular weight is 1380 g/mol. The number of fused-ring (bicyclic) bond motifs is 5. The number of likely N-dealkylation sites (N-methyl/N-ethyl adjacent to an activating group) is 1. The Morgan fingerprint density at radius 1 is 0.957 bits per heavy atom. The number of epoxide rings is 1. The van der Waals surface area contributed by atoms with Crippen molar-refractivity contribution in [2.75, 3.05) is 65.6 Å². The Hall–Kier alpha value is -6.98. The number of anilines is 1. The summed E-state index contributed by atoms with van der Waals surface area (Å²) in [5.74, 6) is -8.88. The van der Waals surface area contributed by atoms with Gasteiger partial charge in [-0.25, -0.2) is 18.8 Å². The number of ketones is 1. The van der Waals surface area contributed by atoms with E-state index in [2.05, 4.69) is 16.0 Å². The van der Waals surface area contributed by atoms with E-state index in [1.807, 2.05) is 26.0 Å². The summed E-state index contributed by atoms with van der Waals surface area (Å²) in [5, 5.41) is 20.8. The minimum atomic E-state index is -1.68. The Labute approximate surface area is 561 Å². The molecule has 4 bridgehead atoms. The van der Waals surface area contributed by atoms with E-state index in [0.29, 0.717) is 32.7 Å². The normalized spacial score (nSPS) is 24.2. The van der Waals surface area contributed by atoms with Crippen molar-refractivity contribution in [2.24, 2.45) is 23.5 Å². The Kier molecular flexibility index (Phi) is 27.6. The number of benzene rings is 2. The highest BCUT2D eigenvalue weighted by molar-refractivity contribution is 7.80. The number of amides is 7. The number of urea groups is 1. The summed E-state index contributed by atoms with van der Waals surface area (Å²) in [4.78, 5) is 139. The number of nitrogens with one attached hydrogen (secondary N) is 3. The molecule has 0 saturated carbocycles. The van der Waals surface area contributed by atoms with Crippen LogP contribution in [-0.2, 0) is 84.5 Å². The van der Waals surface area contributed by atoms with Gasteiger partial charge in [0.25, 0.3) is 17.7 Å². The zero-order chi connectivity index (χ0) is 69.5. The molecule has 4 aliphatic heterocycles. The van der Waals surface area contributed by atoms with Gasteiger partial charge in [-0.05, 0) is 87.8 Å². The standard InChI is InChI=1S/C65H86Cl2FN7O18S/c1-35(2)42(31-52(94)70-20-22-89-24-23-88-21-18-56(80)93-75-53(77)16-17-54(75)78)60(82)72-46(14-12-19-71-63(69)85)48(76)29-41-28-44(66)43(30-45(41)68)61(83)73(8)39(6)62(84)91-51-32-55(79)74(9)47-27-40(26-37(4)58(47)67)25-36(3)13-11-15-50(87-10)65(86)33-49(90-57(81)34-65)38(5)59-64(51,7)92-59/h11,13,15,26-28,30,35,38-39,42,46,49-51,59,86H,12,14,16-25,29,31-34H2,1-10H3,(H,70,94)(H,72,82)(H3,69,71,85)/b15-11+,36-13+/t38-,39+,42+,46+,49+,50-,51+,59+,64+,65-/m1/s1. The topological polar surface area (TPSA) is 331 Å². The molecule has 0 unspecified atom stereocenters. The molecule has 0 radical (unpaired) electrons. The van der Waals surface area contributed by atoms with Gasteiger partial charge in [-0.3, -0.25) is 33.6 Å². The van der Waals surface area contributed by atoms with Crippen molar-refractivity contribution >= 4 is 105 Å². The van der Waals surface area contributed by atoms with E-state index in [4.69, 9.17) is 74.4 Å². The quantitative estimate of drug-likeness (QED) is 0.0231. The van der Waals surface area contributed by atoms with E-state index >= 15 is 4.39 Å². The first-order valence-electron chi connectivity index (χ1n) is 31.1. The number of allylic oxidation sites excluding steroid dienone is 3. The lowest BCUT2D eigenvalue weighted by Gasteiger charge is -2.41. The van der Waals surface area contributed by atoms with Gasteiger partial charge >= 0.3 is 23.9 Å². The van der Waals surface area contributed by atoms with Gasteiger partial charge in [0.1, 0.15) is 41.4 Å². The summed E-state index contributed by atoms with van der Waals surface area (Å²) in [6.07, 6.45) is 0.369. The number of carbonyl (C=O) groups is 10. The third-order valence-electron chi connectivity index (χ3n) is 17.2. The van der Waals surface area contributed by atoms with Crippen LogP contribution in [0.3, 0.4) is 0 Å². The van der Waals surface area contributed by atoms with Crippen LogP contribution in [-0.4, -0.2) is 188 Å². The van der Waals surface area contributed by atoms with Crippen LogP contribution in [0.4, 0.5) is 14.9 Å². The Morgan fingerprint density at radius 2 is 1.64 bits per heavy atom. The summed E-state index contributed by atoms with van der Waals surface area (Å²) in [6, 6.07) is 2.21. The maximum atomic E-state index is 16.3. The smallest absolute Gasteiger partial charge is 0.335 e. The number of ether oxygens (including phenoxy) is 6. The third-order valence-corrected chi connectivity index (χ3v) is 18.4. The molecule has 10 atom stereocenters. The fourth-order valence-electron chi connectivity index (χ4n) is 11.4. The maximum absolute atomic E-state index is 16.3. The molecular weight excluding hydrogens is 1290 g/mol. The van der Waals surface area contributed by atoms with E-state index in [1.165, 1.54) is 26.0 Å². The summed E-state index contributed by atoms with van der Waals surface area (Å²) >= 11 is 19.1. The molecule has 3 saturated heterocycles. The molecule has 7 amide bonds. The fourth-order valence-corrected chi connectivity index (χ4v) is 12.2. The van der Waals surface area contributed by atoms with Gasteiger partial charge in [0, 0.05) is 78.2 Å². The number of carbonyl (C=O) groups excluding carboxylic acids is 10. The van der Waals surface area contributed by atoms with Crippen molar-refractivity contribution in [3.8, 4) is 0 Å². The number of esters is 2. The van der Waals surface area contributed by atoms with Crippen LogP contribution in [0.25, 0.3) is 0 Å². The van der Waals surface area contributed by atoms with Gasteiger partial charge in [0.05, 0.1) is 84.1 Å². The van der Waals surface area contributed by atoms with E-state index in [1.54, 1.807) is 53.0 Å². The van der Waals surface area contributed by atoms with Crippen LogP contribution in [0.1, 0.15) is 126 Å². The molecule has 25 nitrogen and oxygen atoms in total. The molecule has 2 aromatic carbocycles. The largest absolute Gasteiger partial charge is 0.462 e. The second-order valence-corrected chi connectivity index (χ2v) is 26.0. The number of aryl methyl sites for hydroxylation is 1. The van der Waals surface area contributed by atoms with Crippen LogP contribution >= 0.6 is 35.4 Å². The molecule has 0 aliphatic carbocycles. The maximum Gasteiger partial charge on any atom is 0.335 e. The molecule has 6 rings (SSSR count). The Bertz CT molecular complexity index is 3250. The van der Waals surface area contributed by atoms with Gasteiger partial charge < -0.3 is 69.8 Å². The van der Waals surface area contributed by atoms with Gasteiger partial charge in [0.15, 0.2) is 5.78 Å². The summed E-state index contributed by atoms with van der Waals surface area (Å²) in [5.41, 5.74) is 4.43. The van der Waals surface area contributed by atoms with Crippen LogP contribution in [0.2, 0.25) is 10.0 Å². The highest BCUT2D eigenvalue weighted by Gasteiger charge is 2.64. The first-order chi connectivity index (χ1) is 44.3. The molecule has 0 aromatic heterocycles. The third kappa shape index (κ3) is 20.3. The highest BCUT2D eigenvalue weighted by atomic mass is 35.5. The predicted molar refractivity (Wildman–Crippen MR) is 345 cm³/mol. The molecule has 516 valence electrons. The molecule has 4 heterocycles. The van der Waals surface area contributed by atoms with Crippen molar-refractivity contribution in [1.82, 2.24) is 25.9 Å². The lowest BCUT2D eigenvalue weighted by atomic mass is 9.78. The van der Waals surface area contributed by atoms with E-state index in [9.17, 15) is 53.1 Å². The van der Waals surface area contributed by atoms with Crippen molar-refractivity contribution in [1.29, 1.82) is 0 Å². The van der Waals surface area contributed by atoms with Crippen molar-refractivity contribution in [3.63, 3.8) is 0 Å². The SMILES string of the molecule is CO[C@@H]1/C=C/C=C(\C)Cc2cc(C)c(Cl)c(c2)N(C)C(=O)C[C@H](OC(=O)[C@H](C)N(C)C(=O)c2cc(F)c(CC(=O)[C@H](CCCNC(N)=O)NC(=O)[C@@H](CC(=S)NCCOCCOCCC(=O)ON3C(=O)CCC3=O)C(C)C)cc2Cl)[C@]2(C)O[C@H]2[C@H](C)[C@@H]2C[C@@]1(O)CC(=O)O2. The number of aliphatic hydroxyl groups is 1. The summed E-state index contributed by atoms with van der Waals surface area (Å²) in [7, 11) is 4.24. The number of halogens is 3. The van der Waals surface area contributed by atoms with Crippen LogP contribution in [0.5, 0.6) is 0 Å². The second-order valence-electron chi connectivity index (χ2n) is 24.7. The minimum absolute atomic E-state index is 0.00127. The number of rotatable bonds is 27. The molecule has 29 heteroatoms. The first-order valence-corrected chi connectivity index (χ1v) is 32.3. The lowest BCUT2D eigenvalue weighted by Crippen LogP contribution is -2.53. The average Bonchev–Trinajstić information content (AvgIpc) is 1.57. The number of nitrogens with two attached hydrogens (primary N) is 1. The Morgan fingerprint density at radius 3 is 2.30 bits per heavy atom. The summed E-state index contributed by atoms with van der Waals surface area (Å²) in [6.45, 7) is 12.8. The van der Waals surface area contributed by atoms with E-state index in [0.717, 1.165) is 28.2 Å². The molecule has 2 aromatic rings. The van der Waals surface area contributed by atoms with Crippen molar-refractivity contribution < 1.29 is 90.7 Å². The monoisotopic (exact) mass is 1370 g/mol. The first kappa shape index (κ1) is 76.0. The number of Topliss-reactive ketones (excluding diaryl/α,β-unsaturated/α-hetero) is 1. The molecule has 6 N–H and O–H groups in total. The van der Waals surface area contributed by atoms with Crippen LogP contribution in [0.15, 0.2) is 48.1 Å². The van der Waals surface area contributed by atoms with Crippen molar-refractivity contribution in [2.45, 2.75) is 167 Å². The van der Waals surface area contributed by atoms with Crippen molar-refractivity contribution in [3.05, 3.63) is 86.2 Å². The number of nitrogens with zero attached hydrogens (tertiary/aromatic N) is 3. The number of hydroxylamine groups is 2. The molecule has 0 spiro atoms. The lowest BCUT2D eigenvalue weighted by molar-refractivity contribution is -0.198. The number of hydrogen-bond acceptors (Lipinski definition) is 19. The van der Waals surface area contributed by atoms with Gasteiger partial charge in [-0.15, -0.1) is 5.06 Å².